The minimum Gasteiger partial charge on any atom is -0.394 e. The Labute approximate surface area is 70.6 Å². The first-order chi connectivity index (χ1) is 5.90. The summed E-state index contributed by atoms with van der Waals surface area (Å²) in [7, 11) is 0. The second-order valence-corrected chi connectivity index (χ2v) is 2.68. The van der Waals surface area contributed by atoms with Crippen molar-refractivity contribution in [1.82, 2.24) is 0 Å². The van der Waals surface area contributed by atoms with E-state index in [2.05, 4.69) is 4.74 Å². The van der Waals surface area contributed by atoms with Crippen LogP contribution >= 0.6 is 0 Å². The molecule has 1 aliphatic rings. The van der Waals surface area contributed by atoms with E-state index < -0.39 is 37.2 Å². The van der Waals surface area contributed by atoms with Crippen molar-refractivity contribution in [2.45, 2.75) is 30.6 Å². The summed E-state index contributed by atoms with van der Waals surface area (Å²) in [5.41, 5.74) is 5.21. The fourth-order valence-electron chi connectivity index (χ4n) is 1.03. The van der Waals surface area contributed by atoms with E-state index in [9.17, 15) is 10.2 Å². The summed E-state index contributed by atoms with van der Waals surface area (Å²) in [5, 5.41) is 36.3. The van der Waals surface area contributed by atoms with Crippen LogP contribution in [0.4, 0.5) is 0 Å². The van der Waals surface area contributed by atoms with Crippen LogP contribution in [0.25, 0.3) is 0 Å². The molecular formula is C6H13NO5. The van der Waals surface area contributed by atoms with E-state index in [1.807, 2.05) is 0 Å². The maximum Gasteiger partial charge on any atom is 0.173 e. The van der Waals surface area contributed by atoms with Crippen LogP contribution in [0.15, 0.2) is 0 Å². The number of hydrogen-bond donors (Lipinski definition) is 5. The molecule has 0 saturated carbocycles. The molecule has 0 radical (unpaired) electrons. The Bertz CT molecular complexity index is 188. The zero-order valence-corrected chi connectivity index (χ0v) is 6.29. The summed E-state index contributed by atoms with van der Waals surface area (Å²) in [6.45, 7) is -0.605. The van der Waals surface area contributed by atoms with E-state index in [1.54, 1.807) is 0 Å². The monoisotopic (exact) mass is 180 g/mol. The predicted octanol–water partition coefficient (Wildman–Crippen LogP) is -3.26. The molecule has 1 fully saturated rings. The highest BCUT2D eigenvalue weighted by molar-refractivity contribution is 4.90. The highest BCUT2D eigenvalue weighted by Gasteiger charge is 2.41. The molecule has 0 amide bonds. The van der Waals surface area contributed by atoms with Crippen LogP contribution in [0.1, 0.15) is 1.37 Å². The van der Waals surface area contributed by atoms with Crippen LogP contribution in [0.3, 0.4) is 0 Å². The normalized spacial score (nSPS) is 56.6. The molecule has 1 rings (SSSR count). The Kier molecular flexibility index (Phi) is 2.54. The van der Waals surface area contributed by atoms with Gasteiger partial charge in [0, 0.05) is 0 Å². The number of ether oxygens (including phenoxy) is 1. The van der Waals surface area contributed by atoms with Gasteiger partial charge < -0.3 is 30.9 Å². The lowest BCUT2D eigenvalue weighted by Crippen LogP contribution is -2.61. The van der Waals surface area contributed by atoms with E-state index >= 15 is 0 Å². The van der Waals surface area contributed by atoms with Crippen molar-refractivity contribution < 1.29 is 26.5 Å². The summed E-state index contributed by atoms with van der Waals surface area (Å²) >= 11 is 0. The number of hydrogen-bond acceptors (Lipinski definition) is 6. The van der Waals surface area contributed by atoms with Gasteiger partial charge in [-0.2, -0.15) is 0 Å². The number of rotatable bonds is 1. The first-order valence-corrected chi connectivity index (χ1v) is 3.53. The Morgan fingerprint density at radius 1 is 1.33 bits per heavy atom. The van der Waals surface area contributed by atoms with Crippen LogP contribution in [-0.2, 0) is 4.74 Å². The fourth-order valence-corrected chi connectivity index (χ4v) is 1.03. The van der Waals surface area contributed by atoms with Gasteiger partial charge >= 0.3 is 0 Å². The Hall–Kier alpha value is -0.240. The maximum atomic E-state index is 9.24. The van der Waals surface area contributed by atoms with Crippen molar-refractivity contribution in [2.75, 3.05) is 6.61 Å². The van der Waals surface area contributed by atoms with Gasteiger partial charge in [0.15, 0.2) is 6.27 Å². The molecule has 1 saturated heterocycles. The van der Waals surface area contributed by atoms with Crippen molar-refractivity contribution in [3.8, 4) is 0 Å². The first kappa shape index (κ1) is 8.36. The average Bonchev–Trinajstić information content (AvgIpc) is 2.08. The summed E-state index contributed by atoms with van der Waals surface area (Å²) in [6.07, 6.45) is -6.57. The highest BCUT2D eigenvalue weighted by Crippen LogP contribution is 2.17. The van der Waals surface area contributed by atoms with Gasteiger partial charge in [-0.15, -0.1) is 0 Å². The molecule has 5 atom stereocenters. The lowest BCUT2D eigenvalue weighted by Gasteiger charge is -2.38. The maximum absolute atomic E-state index is 9.24. The molecule has 1 unspecified atom stereocenters. The minimum atomic E-state index is -2.48. The molecule has 6 heteroatoms. The van der Waals surface area contributed by atoms with E-state index in [4.69, 9.17) is 17.3 Å². The lowest BCUT2D eigenvalue weighted by molar-refractivity contribution is -0.248. The van der Waals surface area contributed by atoms with E-state index in [1.165, 1.54) is 0 Å². The number of aliphatic hydroxyl groups is 4. The van der Waals surface area contributed by atoms with Crippen LogP contribution in [0.5, 0.6) is 0 Å². The second-order valence-electron chi connectivity index (χ2n) is 2.68. The summed E-state index contributed by atoms with van der Waals surface area (Å²) in [6, 6.07) is -1.43. The Morgan fingerprint density at radius 3 is 2.42 bits per heavy atom. The van der Waals surface area contributed by atoms with Gasteiger partial charge in [-0.1, -0.05) is 0 Å². The van der Waals surface area contributed by atoms with Crippen molar-refractivity contribution in [2.24, 2.45) is 5.73 Å². The third-order valence-electron chi connectivity index (χ3n) is 1.84. The second kappa shape index (κ2) is 3.65. The SMILES string of the molecule is [2H]C1(O)O[C@H](CO)[C@@H](O)[C@H](O)[C@H]1N. The van der Waals surface area contributed by atoms with E-state index in [-0.39, 0.29) is 0 Å². The topological polar surface area (TPSA) is 116 Å². The lowest BCUT2D eigenvalue weighted by atomic mass is 9.98. The van der Waals surface area contributed by atoms with Gasteiger partial charge in [0.25, 0.3) is 0 Å². The van der Waals surface area contributed by atoms with Gasteiger partial charge in [-0.3, -0.25) is 0 Å². The molecule has 1 aliphatic heterocycles. The molecular weight excluding hydrogens is 166 g/mol. The van der Waals surface area contributed by atoms with Crippen molar-refractivity contribution in [1.29, 1.82) is 0 Å². The average molecular weight is 180 g/mol. The molecule has 0 spiro atoms. The van der Waals surface area contributed by atoms with Crippen LogP contribution < -0.4 is 5.73 Å². The zero-order chi connectivity index (χ0) is 10.2. The standard InChI is InChI=1S/C6H13NO5/c7-3-5(10)4(9)2(1-8)12-6(3)11/h2-6,8-11H,1,7H2/t2-,3-,4-,5-,6?/m1/s1/i6D. The first-order valence-electron chi connectivity index (χ1n) is 4.03. The van der Waals surface area contributed by atoms with Crippen LogP contribution in [0, 0.1) is 0 Å². The fraction of sp³-hybridized carbons (Fsp3) is 1.00. The molecule has 6 nitrogen and oxygen atoms in total. The third kappa shape index (κ3) is 1.58. The van der Waals surface area contributed by atoms with E-state index in [0.29, 0.717) is 0 Å². The van der Waals surface area contributed by atoms with Crippen LogP contribution in [0.2, 0.25) is 0 Å². The molecule has 12 heavy (non-hydrogen) atoms. The highest BCUT2D eigenvalue weighted by atomic mass is 16.6. The minimum absolute atomic E-state index is 0.605. The number of nitrogens with two attached hydrogens (primary N) is 1. The zero-order valence-electron chi connectivity index (χ0n) is 7.29. The Balaban J connectivity index is 2.79. The molecule has 0 aromatic rings. The summed E-state index contributed by atoms with van der Waals surface area (Å²) in [4.78, 5) is 0. The van der Waals surface area contributed by atoms with Gasteiger partial charge in [0.1, 0.15) is 18.3 Å². The van der Waals surface area contributed by atoms with Gasteiger partial charge in [0.05, 0.1) is 14.0 Å². The van der Waals surface area contributed by atoms with Gasteiger partial charge in [0.2, 0.25) is 0 Å². The molecule has 0 aliphatic carbocycles. The molecule has 0 aromatic heterocycles. The summed E-state index contributed by atoms with van der Waals surface area (Å²) < 4.78 is 11.7. The van der Waals surface area contributed by atoms with Crippen LogP contribution in [-0.4, -0.2) is 57.7 Å². The quantitative estimate of drug-likeness (QED) is 0.289. The van der Waals surface area contributed by atoms with Crippen molar-refractivity contribution in [3.63, 3.8) is 0 Å². The third-order valence-corrected chi connectivity index (χ3v) is 1.84. The van der Waals surface area contributed by atoms with E-state index in [0.717, 1.165) is 0 Å². The van der Waals surface area contributed by atoms with Gasteiger partial charge in [-0.05, 0) is 0 Å². The molecule has 0 bridgehead atoms. The smallest absolute Gasteiger partial charge is 0.173 e. The van der Waals surface area contributed by atoms with Gasteiger partial charge in [-0.25, -0.2) is 0 Å². The molecule has 0 aromatic carbocycles. The predicted molar refractivity (Wildman–Crippen MR) is 38.0 cm³/mol. The Morgan fingerprint density at radius 2 is 1.92 bits per heavy atom. The molecule has 1 heterocycles. The van der Waals surface area contributed by atoms with Crippen molar-refractivity contribution >= 4 is 0 Å². The summed E-state index contributed by atoms with van der Waals surface area (Å²) in [5.74, 6) is 0. The molecule has 72 valence electrons. The largest absolute Gasteiger partial charge is 0.394 e. The molecule has 6 N–H and O–H groups in total. The van der Waals surface area contributed by atoms with Crippen molar-refractivity contribution in [3.05, 3.63) is 0 Å². The number of aliphatic hydroxyl groups excluding tert-OH is 3.